The first-order valence-electron chi connectivity index (χ1n) is 8.53. The monoisotopic (exact) mass is 408 g/mol. The predicted molar refractivity (Wildman–Crippen MR) is 105 cm³/mol. The smallest absolute Gasteiger partial charge is 0.271 e. The maximum Gasteiger partial charge on any atom is 0.271 e. The molecule has 1 saturated carbocycles. The largest absolute Gasteiger partial charge is 0.338 e. The minimum absolute atomic E-state index is 0.198. The van der Waals surface area contributed by atoms with Crippen molar-refractivity contribution < 1.29 is 13.2 Å². The lowest BCUT2D eigenvalue weighted by Gasteiger charge is -2.26. The molecule has 1 N–H and O–H groups in total. The van der Waals surface area contributed by atoms with Crippen LogP contribution in [0.25, 0.3) is 0 Å². The molecule has 26 heavy (non-hydrogen) atoms. The molecule has 0 bridgehead atoms. The van der Waals surface area contributed by atoms with Crippen LogP contribution in [0.15, 0.2) is 39.4 Å². The van der Waals surface area contributed by atoms with Crippen molar-refractivity contribution in [1.82, 2.24) is 4.90 Å². The van der Waals surface area contributed by atoms with Crippen molar-refractivity contribution in [2.45, 2.75) is 34.9 Å². The highest BCUT2D eigenvalue weighted by Crippen LogP contribution is 2.36. The summed E-state index contributed by atoms with van der Waals surface area (Å²) in [6, 6.07) is 9.05. The molecule has 2 aliphatic rings. The van der Waals surface area contributed by atoms with Crippen molar-refractivity contribution in [2.24, 2.45) is 5.92 Å². The number of nitrogens with one attached hydrogen (secondary N) is 1. The quantitative estimate of drug-likeness (QED) is 0.768. The number of anilines is 1. The topological polar surface area (TPSA) is 66.5 Å². The van der Waals surface area contributed by atoms with Crippen LogP contribution in [0, 0.1) is 5.92 Å². The van der Waals surface area contributed by atoms with Gasteiger partial charge in [0.15, 0.2) is 0 Å². The number of thioether (sulfide) groups is 1. The van der Waals surface area contributed by atoms with E-state index in [-0.39, 0.29) is 11.8 Å². The van der Waals surface area contributed by atoms with Crippen molar-refractivity contribution in [3.8, 4) is 0 Å². The van der Waals surface area contributed by atoms with Gasteiger partial charge in [0.2, 0.25) is 5.91 Å². The summed E-state index contributed by atoms with van der Waals surface area (Å²) in [6.45, 7) is 1.21. The Labute approximate surface area is 161 Å². The first-order valence-corrected chi connectivity index (χ1v) is 12.1. The third-order valence-electron chi connectivity index (χ3n) is 4.69. The number of rotatable bonds is 5. The Kier molecular flexibility index (Phi) is 4.75. The van der Waals surface area contributed by atoms with Crippen molar-refractivity contribution in [2.75, 3.05) is 17.5 Å². The average molecular weight is 409 g/mol. The molecule has 0 atom stereocenters. The van der Waals surface area contributed by atoms with Crippen LogP contribution >= 0.6 is 23.1 Å². The Morgan fingerprint density at radius 2 is 2.00 bits per heavy atom. The van der Waals surface area contributed by atoms with Gasteiger partial charge in [-0.05, 0) is 61.4 Å². The highest BCUT2D eigenvalue weighted by molar-refractivity contribution is 7.98. The molecule has 2 heterocycles. The zero-order valence-electron chi connectivity index (χ0n) is 14.4. The zero-order valence-corrected chi connectivity index (χ0v) is 16.8. The molecule has 1 aromatic carbocycles. The van der Waals surface area contributed by atoms with Crippen LogP contribution in [0.4, 0.5) is 5.69 Å². The van der Waals surface area contributed by atoms with Gasteiger partial charge in [-0.3, -0.25) is 9.52 Å². The van der Waals surface area contributed by atoms with Crippen molar-refractivity contribution in [3.05, 3.63) is 40.8 Å². The number of fused-ring (bicyclic) bond motifs is 1. The van der Waals surface area contributed by atoms with Gasteiger partial charge in [0, 0.05) is 34.5 Å². The third kappa shape index (κ3) is 3.63. The van der Waals surface area contributed by atoms with Crippen molar-refractivity contribution in [3.63, 3.8) is 0 Å². The van der Waals surface area contributed by atoms with E-state index in [4.69, 9.17) is 0 Å². The molecule has 0 radical (unpaired) electrons. The predicted octanol–water partition coefficient (Wildman–Crippen LogP) is 3.57. The maximum atomic E-state index is 12.7. The molecule has 5 nitrogen and oxygen atoms in total. The van der Waals surface area contributed by atoms with Crippen LogP contribution in [-0.4, -0.2) is 32.0 Å². The first-order chi connectivity index (χ1) is 12.5. The van der Waals surface area contributed by atoms with E-state index >= 15 is 0 Å². The zero-order chi connectivity index (χ0) is 18.3. The number of hydrogen-bond acceptors (Lipinski definition) is 5. The Hall–Kier alpha value is -1.51. The summed E-state index contributed by atoms with van der Waals surface area (Å²) < 4.78 is 28.4. The van der Waals surface area contributed by atoms with Gasteiger partial charge in [-0.2, -0.15) is 0 Å². The number of amides is 1. The SMILES string of the molecule is CSc1ccc(NS(=O)(=O)c2cc3c(s2)CCN(C(=O)C2CC2)C3)cc1. The molecule has 0 saturated heterocycles. The maximum absolute atomic E-state index is 12.7. The highest BCUT2D eigenvalue weighted by atomic mass is 32.2. The van der Waals surface area contributed by atoms with Gasteiger partial charge < -0.3 is 4.90 Å². The van der Waals surface area contributed by atoms with E-state index < -0.39 is 10.0 Å². The van der Waals surface area contributed by atoms with Gasteiger partial charge in [-0.1, -0.05) is 0 Å². The lowest BCUT2D eigenvalue weighted by molar-refractivity contribution is -0.133. The van der Waals surface area contributed by atoms with Gasteiger partial charge in [0.05, 0.1) is 0 Å². The molecule has 2 aromatic rings. The Morgan fingerprint density at radius 1 is 1.27 bits per heavy atom. The van der Waals surface area contributed by atoms with E-state index in [2.05, 4.69) is 4.72 Å². The van der Waals surface area contributed by atoms with Gasteiger partial charge in [0.25, 0.3) is 10.0 Å². The summed E-state index contributed by atoms with van der Waals surface area (Å²) in [5.74, 6) is 0.419. The minimum Gasteiger partial charge on any atom is -0.338 e. The number of thiophene rings is 1. The van der Waals surface area contributed by atoms with Crippen LogP contribution in [0.2, 0.25) is 0 Å². The number of sulfonamides is 1. The number of benzene rings is 1. The Morgan fingerprint density at radius 3 is 2.65 bits per heavy atom. The van der Waals surface area contributed by atoms with Crippen LogP contribution in [0.1, 0.15) is 23.3 Å². The number of carbonyl (C=O) groups excluding carboxylic acids is 1. The van der Waals surface area contributed by atoms with E-state index in [0.717, 1.165) is 34.6 Å². The summed E-state index contributed by atoms with van der Waals surface area (Å²) in [6.07, 6.45) is 4.69. The first kappa shape index (κ1) is 17.9. The van der Waals surface area contributed by atoms with E-state index in [9.17, 15) is 13.2 Å². The second kappa shape index (κ2) is 6.90. The summed E-state index contributed by atoms with van der Waals surface area (Å²) in [5.41, 5.74) is 1.52. The van der Waals surface area contributed by atoms with Gasteiger partial charge >= 0.3 is 0 Å². The van der Waals surface area contributed by atoms with Crippen LogP contribution < -0.4 is 4.72 Å². The summed E-state index contributed by atoms with van der Waals surface area (Å²) in [5, 5.41) is 0. The molecular formula is C18H20N2O3S3. The fourth-order valence-electron chi connectivity index (χ4n) is 3.08. The van der Waals surface area contributed by atoms with Crippen LogP contribution in [0.5, 0.6) is 0 Å². The molecule has 0 unspecified atom stereocenters. The molecule has 1 aliphatic carbocycles. The summed E-state index contributed by atoms with van der Waals surface area (Å²) >= 11 is 2.93. The van der Waals surface area contributed by atoms with Crippen LogP contribution in [-0.2, 0) is 27.8 Å². The molecule has 1 amide bonds. The third-order valence-corrected chi connectivity index (χ3v) is 8.52. The molecule has 1 aliphatic heterocycles. The molecule has 0 spiro atoms. The van der Waals surface area contributed by atoms with E-state index in [1.807, 2.05) is 23.3 Å². The van der Waals surface area contributed by atoms with Crippen molar-refractivity contribution in [1.29, 1.82) is 0 Å². The van der Waals surface area contributed by atoms with Crippen molar-refractivity contribution >= 4 is 44.7 Å². The van der Waals surface area contributed by atoms with Crippen LogP contribution in [0.3, 0.4) is 0 Å². The van der Waals surface area contributed by atoms with Gasteiger partial charge in [-0.15, -0.1) is 23.1 Å². The lowest BCUT2D eigenvalue weighted by atomic mass is 10.1. The molecule has 138 valence electrons. The standard InChI is InChI=1S/C18H20N2O3S3/c1-24-15-6-4-14(5-7-15)19-26(22,23)17-10-13-11-20(9-8-16(13)25-17)18(21)12-2-3-12/h4-7,10,12,19H,2-3,8-9,11H2,1H3. The molecule has 1 fully saturated rings. The molecule has 4 rings (SSSR count). The lowest BCUT2D eigenvalue weighted by Crippen LogP contribution is -2.36. The summed E-state index contributed by atoms with van der Waals surface area (Å²) in [7, 11) is -3.61. The molecule has 8 heteroatoms. The Balaban J connectivity index is 1.51. The molecular weight excluding hydrogens is 388 g/mol. The number of nitrogens with zero attached hydrogens (tertiary/aromatic N) is 1. The van der Waals surface area contributed by atoms with Gasteiger partial charge in [-0.25, -0.2) is 8.42 Å². The fraction of sp³-hybridized carbons (Fsp3) is 0.389. The fourth-order valence-corrected chi connectivity index (χ4v) is 6.09. The van der Waals surface area contributed by atoms with E-state index in [1.54, 1.807) is 30.0 Å². The summed E-state index contributed by atoms with van der Waals surface area (Å²) in [4.78, 5) is 16.3. The Bertz CT molecular complexity index is 931. The second-order valence-electron chi connectivity index (χ2n) is 6.63. The normalized spacial score (nSPS) is 17.0. The van der Waals surface area contributed by atoms with E-state index in [1.165, 1.54) is 11.3 Å². The highest BCUT2D eigenvalue weighted by Gasteiger charge is 2.35. The second-order valence-corrected chi connectivity index (χ2v) is 10.6. The number of carbonyl (C=O) groups is 1. The minimum atomic E-state index is -3.61. The average Bonchev–Trinajstić information content (AvgIpc) is 3.39. The van der Waals surface area contributed by atoms with Gasteiger partial charge in [0.1, 0.15) is 4.21 Å². The number of hydrogen-bond donors (Lipinski definition) is 1. The van der Waals surface area contributed by atoms with E-state index in [0.29, 0.717) is 23.0 Å². The molecule has 1 aromatic heterocycles.